The number of nitrogens with one attached hydrogen (secondary N) is 1. The molecule has 0 aromatic heterocycles. The zero-order valence-corrected chi connectivity index (χ0v) is 12.9. The Hall–Kier alpha value is -1.84. The Morgan fingerprint density at radius 2 is 1.70 bits per heavy atom. The van der Waals surface area contributed by atoms with Crippen molar-refractivity contribution in [3.63, 3.8) is 0 Å². The number of carbonyl (C=O) groups is 2. The van der Waals surface area contributed by atoms with Gasteiger partial charge in [-0.1, -0.05) is 45.9 Å². The number of hydrogen-bond donors (Lipinski definition) is 1. The monoisotopic (exact) mass is 276 g/mol. The molecule has 0 atom stereocenters. The van der Waals surface area contributed by atoms with E-state index < -0.39 is 0 Å². The van der Waals surface area contributed by atoms with Crippen molar-refractivity contribution in [2.75, 3.05) is 12.4 Å². The molecule has 0 bridgehead atoms. The van der Waals surface area contributed by atoms with Crippen LogP contribution in [0.15, 0.2) is 24.3 Å². The van der Waals surface area contributed by atoms with Crippen molar-refractivity contribution < 1.29 is 9.59 Å². The van der Waals surface area contributed by atoms with Crippen molar-refractivity contribution in [1.82, 2.24) is 4.90 Å². The van der Waals surface area contributed by atoms with Crippen molar-refractivity contribution in [2.45, 2.75) is 34.2 Å². The van der Waals surface area contributed by atoms with Crippen LogP contribution in [0.3, 0.4) is 0 Å². The molecule has 20 heavy (non-hydrogen) atoms. The summed E-state index contributed by atoms with van der Waals surface area (Å²) in [6, 6.07) is 7.58. The maximum atomic E-state index is 11.9. The molecular weight excluding hydrogens is 252 g/mol. The Balaban J connectivity index is 2.85. The van der Waals surface area contributed by atoms with Crippen LogP contribution in [-0.4, -0.2) is 23.8 Å². The molecule has 1 N–H and O–H groups in total. The van der Waals surface area contributed by atoms with Gasteiger partial charge in [-0.2, -0.15) is 0 Å². The molecule has 4 nitrogen and oxygen atoms in total. The van der Waals surface area contributed by atoms with Gasteiger partial charge in [0.2, 0.25) is 11.8 Å². The van der Waals surface area contributed by atoms with E-state index in [1.54, 1.807) is 11.9 Å². The number of carbonyl (C=O) groups excluding carboxylic acids is 2. The van der Waals surface area contributed by atoms with Gasteiger partial charge in [0.15, 0.2) is 0 Å². The molecule has 0 saturated heterocycles. The molecule has 2 amide bonds. The molecule has 1 rings (SSSR count). The lowest BCUT2D eigenvalue weighted by Crippen LogP contribution is -2.30. The van der Waals surface area contributed by atoms with Crippen LogP contribution in [0.5, 0.6) is 0 Å². The van der Waals surface area contributed by atoms with Crippen LogP contribution >= 0.6 is 0 Å². The summed E-state index contributed by atoms with van der Waals surface area (Å²) in [6.07, 6.45) is 0. The second-order valence-electron chi connectivity index (χ2n) is 5.65. The molecule has 110 valence electrons. The van der Waals surface area contributed by atoms with E-state index in [0.717, 1.165) is 11.3 Å². The van der Waals surface area contributed by atoms with Gasteiger partial charge in [-0.25, -0.2) is 0 Å². The van der Waals surface area contributed by atoms with E-state index in [2.05, 4.69) is 5.32 Å². The number of amides is 2. The maximum absolute atomic E-state index is 11.9. The Labute approximate surface area is 121 Å². The van der Waals surface area contributed by atoms with Gasteiger partial charge in [0.25, 0.3) is 0 Å². The Kier molecular flexibility index (Phi) is 5.74. The van der Waals surface area contributed by atoms with Crippen molar-refractivity contribution in [3.8, 4) is 0 Å². The summed E-state index contributed by atoms with van der Waals surface area (Å²) in [5.74, 6) is -0.0271. The van der Waals surface area contributed by atoms with Gasteiger partial charge >= 0.3 is 0 Å². The minimum absolute atomic E-state index is 0.0183. The quantitative estimate of drug-likeness (QED) is 0.899. The van der Waals surface area contributed by atoms with E-state index in [4.69, 9.17) is 0 Å². The van der Waals surface area contributed by atoms with E-state index in [-0.39, 0.29) is 23.7 Å². The highest BCUT2D eigenvalue weighted by Gasteiger charge is 2.15. The van der Waals surface area contributed by atoms with E-state index in [1.165, 1.54) is 0 Å². The maximum Gasteiger partial charge on any atom is 0.226 e. The van der Waals surface area contributed by atoms with Gasteiger partial charge in [0.1, 0.15) is 0 Å². The molecule has 0 radical (unpaired) electrons. The van der Waals surface area contributed by atoms with Crippen LogP contribution in [0.1, 0.15) is 33.3 Å². The van der Waals surface area contributed by atoms with Crippen molar-refractivity contribution >= 4 is 17.5 Å². The smallest absolute Gasteiger partial charge is 0.226 e. The highest BCUT2D eigenvalue weighted by atomic mass is 16.2. The lowest BCUT2D eigenvalue weighted by molar-refractivity contribution is -0.133. The summed E-state index contributed by atoms with van der Waals surface area (Å²) >= 11 is 0. The molecule has 0 spiro atoms. The largest absolute Gasteiger partial charge is 0.341 e. The number of rotatable bonds is 5. The average molecular weight is 276 g/mol. The second-order valence-corrected chi connectivity index (χ2v) is 5.65. The highest BCUT2D eigenvalue weighted by Crippen LogP contribution is 2.18. The van der Waals surface area contributed by atoms with Gasteiger partial charge in [-0.15, -0.1) is 0 Å². The lowest BCUT2D eigenvalue weighted by atomic mass is 10.1. The van der Waals surface area contributed by atoms with Gasteiger partial charge < -0.3 is 10.2 Å². The second kappa shape index (κ2) is 7.08. The standard InChI is InChI=1S/C16H24N2O2/c1-11(2)15(19)17-14-9-7-6-8-13(14)10-18(5)16(20)12(3)4/h6-9,11-12H,10H2,1-5H3,(H,17,19). The molecule has 0 heterocycles. The van der Waals surface area contributed by atoms with Crippen LogP contribution in [0.2, 0.25) is 0 Å². The number of benzene rings is 1. The van der Waals surface area contributed by atoms with Crippen LogP contribution in [0, 0.1) is 11.8 Å². The minimum Gasteiger partial charge on any atom is -0.341 e. The third kappa shape index (κ3) is 4.37. The molecular formula is C16H24N2O2. The van der Waals surface area contributed by atoms with Crippen LogP contribution in [-0.2, 0) is 16.1 Å². The van der Waals surface area contributed by atoms with E-state index in [9.17, 15) is 9.59 Å². The first-order valence-corrected chi connectivity index (χ1v) is 6.96. The molecule has 0 unspecified atom stereocenters. The van der Waals surface area contributed by atoms with Crippen molar-refractivity contribution in [3.05, 3.63) is 29.8 Å². The molecule has 4 heteroatoms. The summed E-state index contributed by atoms with van der Waals surface area (Å²) in [6.45, 7) is 7.96. The molecule has 0 aliphatic heterocycles. The fourth-order valence-electron chi connectivity index (χ4n) is 1.83. The van der Waals surface area contributed by atoms with Crippen LogP contribution in [0.25, 0.3) is 0 Å². The number of para-hydroxylation sites is 1. The summed E-state index contributed by atoms with van der Waals surface area (Å²) in [5.41, 5.74) is 1.72. The van der Waals surface area contributed by atoms with Gasteiger partial charge in [0, 0.05) is 31.1 Å². The first kappa shape index (κ1) is 16.2. The minimum atomic E-state index is -0.0712. The molecule has 0 fully saturated rings. The molecule has 0 aliphatic carbocycles. The summed E-state index contributed by atoms with van der Waals surface area (Å²) in [5, 5.41) is 2.91. The van der Waals surface area contributed by atoms with E-state index in [1.807, 2.05) is 52.0 Å². The average Bonchev–Trinajstić information content (AvgIpc) is 2.39. The topological polar surface area (TPSA) is 49.4 Å². The first-order chi connectivity index (χ1) is 9.32. The zero-order valence-electron chi connectivity index (χ0n) is 12.9. The Morgan fingerprint density at radius 3 is 2.25 bits per heavy atom. The first-order valence-electron chi connectivity index (χ1n) is 6.96. The summed E-state index contributed by atoms with van der Waals surface area (Å²) in [4.78, 5) is 25.4. The zero-order chi connectivity index (χ0) is 15.3. The lowest BCUT2D eigenvalue weighted by Gasteiger charge is -2.21. The normalized spacial score (nSPS) is 10.8. The molecule has 0 saturated carbocycles. The Bertz CT molecular complexity index is 481. The molecule has 1 aromatic carbocycles. The van der Waals surface area contributed by atoms with E-state index in [0.29, 0.717) is 6.54 Å². The third-order valence-corrected chi connectivity index (χ3v) is 3.08. The third-order valence-electron chi connectivity index (χ3n) is 3.08. The van der Waals surface area contributed by atoms with Gasteiger partial charge in [0.05, 0.1) is 0 Å². The summed E-state index contributed by atoms with van der Waals surface area (Å²) in [7, 11) is 1.78. The van der Waals surface area contributed by atoms with Crippen LogP contribution < -0.4 is 5.32 Å². The number of hydrogen-bond acceptors (Lipinski definition) is 2. The highest BCUT2D eigenvalue weighted by molar-refractivity contribution is 5.92. The SMILES string of the molecule is CC(C)C(=O)Nc1ccccc1CN(C)C(=O)C(C)C. The fourth-order valence-corrected chi connectivity index (χ4v) is 1.83. The fraction of sp³-hybridized carbons (Fsp3) is 0.500. The molecule has 0 aliphatic rings. The predicted molar refractivity (Wildman–Crippen MR) is 81.2 cm³/mol. The number of anilines is 1. The molecule has 1 aromatic rings. The predicted octanol–water partition coefficient (Wildman–Crippen LogP) is 2.90. The van der Waals surface area contributed by atoms with Gasteiger partial charge in [-0.3, -0.25) is 9.59 Å². The summed E-state index contributed by atoms with van der Waals surface area (Å²) < 4.78 is 0. The van der Waals surface area contributed by atoms with Crippen LogP contribution in [0.4, 0.5) is 5.69 Å². The Morgan fingerprint density at radius 1 is 1.10 bits per heavy atom. The van der Waals surface area contributed by atoms with E-state index >= 15 is 0 Å². The number of nitrogens with zero attached hydrogens (tertiary/aromatic N) is 1. The van der Waals surface area contributed by atoms with Crippen molar-refractivity contribution in [1.29, 1.82) is 0 Å². The van der Waals surface area contributed by atoms with Crippen molar-refractivity contribution in [2.24, 2.45) is 11.8 Å². The van der Waals surface area contributed by atoms with Gasteiger partial charge in [-0.05, 0) is 11.6 Å².